The van der Waals surface area contributed by atoms with E-state index in [1.165, 1.54) is 0 Å². The van der Waals surface area contributed by atoms with Crippen LogP contribution in [-0.2, 0) is 9.53 Å². The van der Waals surface area contributed by atoms with Crippen molar-refractivity contribution < 1.29 is 14.6 Å². The highest BCUT2D eigenvalue weighted by Crippen LogP contribution is 2.25. The number of ether oxygens (including phenoxy) is 1. The van der Waals surface area contributed by atoms with Gasteiger partial charge in [-0.05, 0) is 37.1 Å². The molecule has 1 aromatic rings. The van der Waals surface area contributed by atoms with Crippen molar-refractivity contribution in [2.75, 3.05) is 6.61 Å². The summed E-state index contributed by atoms with van der Waals surface area (Å²) in [7, 11) is 0. The smallest absolute Gasteiger partial charge is 0.305 e. The van der Waals surface area contributed by atoms with Crippen LogP contribution in [0.4, 0.5) is 0 Å². The lowest BCUT2D eigenvalue weighted by Crippen LogP contribution is -2.07. The summed E-state index contributed by atoms with van der Waals surface area (Å²) in [4.78, 5) is 11.1. The molecule has 0 heterocycles. The minimum atomic E-state index is -0.768. The van der Waals surface area contributed by atoms with E-state index in [2.05, 4.69) is 0 Å². The monoisotopic (exact) mass is 276 g/mol. The van der Waals surface area contributed by atoms with Gasteiger partial charge in [0.2, 0.25) is 0 Å². The topological polar surface area (TPSA) is 46.5 Å². The molecule has 0 bridgehead atoms. The number of carbonyl (C=O) groups excluding carboxylic acids is 1. The summed E-state index contributed by atoms with van der Waals surface area (Å²) >= 11 is 11.6. The van der Waals surface area contributed by atoms with Crippen LogP contribution >= 0.6 is 23.2 Å². The van der Waals surface area contributed by atoms with Gasteiger partial charge in [0.25, 0.3) is 0 Å². The lowest BCUT2D eigenvalue weighted by molar-refractivity contribution is -0.143. The molecule has 17 heavy (non-hydrogen) atoms. The van der Waals surface area contributed by atoms with Gasteiger partial charge in [-0.15, -0.1) is 0 Å². The number of esters is 1. The average Bonchev–Trinajstić information content (AvgIpc) is 2.25. The molecule has 0 aliphatic rings. The van der Waals surface area contributed by atoms with E-state index in [1.54, 1.807) is 25.1 Å². The van der Waals surface area contributed by atoms with E-state index >= 15 is 0 Å². The molecule has 1 rings (SSSR count). The van der Waals surface area contributed by atoms with Gasteiger partial charge in [-0.1, -0.05) is 23.2 Å². The highest BCUT2D eigenvalue weighted by atomic mass is 35.5. The molecule has 1 N–H and O–H groups in total. The predicted octanol–water partition coefficient (Wildman–Crippen LogP) is 3.37. The third-order valence-corrected chi connectivity index (χ3v) is 2.63. The third-order valence-electron chi connectivity index (χ3n) is 2.20. The highest BCUT2D eigenvalue weighted by Gasteiger charge is 2.12. The Kier molecular flexibility index (Phi) is 5.75. The number of hydrogen-bond donors (Lipinski definition) is 1. The van der Waals surface area contributed by atoms with Gasteiger partial charge in [-0.25, -0.2) is 0 Å². The second-order valence-electron chi connectivity index (χ2n) is 3.56. The maximum atomic E-state index is 11.1. The maximum absolute atomic E-state index is 11.1. The van der Waals surface area contributed by atoms with Crippen molar-refractivity contribution >= 4 is 29.2 Å². The predicted molar refractivity (Wildman–Crippen MR) is 67.3 cm³/mol. The number of hydrogen-bond acceptors (Lipinski definition) is 3. The summed E-state index contributed by atoms with van der Waals surface area (Å²) in [6.45, 7) is 2.09. The second kappa shape index (κ2) is 6.84. The lowest BCUT2D eigenvalue weighted by Gasteiger charge is -2.11. The standard InChI is InChI=1S/C12H14Cl2O3/c1-2-17-12(16)4-3-11(15)8-5-9(13)7-10(14)6-8/h5-7,11,15H,2-4H2,1H3. The van der Waals surface area contributed by atoms with Crippen LogP contribution < -0.4 is 0 Å². The number of halogens is 2. The Morgan fingerprint density at radius 2 is 1.94 bits per heavy atom. The van der Waals surface area contributed by atoms with Gasteiger partial charge in [0.1, 0.15) is 0 Å². The fourth-order valence-electron chi connectivity index (χ4n) is 1.42. The van der Waals surface area contributed by atoms with E-state index in [1.807, 2.05) is 0 Å². The van der Waals surface area contributed by atoms with Crippen LogP contribution in [0.2, 0.25) is 10.0 Å². The Morgan fingerprint density at radius 3 is 2.47 bits per heavy atom. The van der Waals surface area contributed by atoms with Gasteiger partial charge in [-0.2, -0.15) is 0 Å². The van der Waals surface area contributed by atoms with Gasteiger partial charge in [0.15, 0.2) is 0 Å². The molecule has 3 nitrogen and oxygen atoms in total. The molecule has 0 spiro atoms. The third kappa shape index (κ3) is 4.94. The number of aliphatic hydroxyl groups is 1. The summed E-state index contributed by atoms with van der Waals surface area (Å²) in [6, 6.07) is 4.84. The van der Waals surface area contributed by atoms with Gasteiger partial charge in [0.05, 0.1) is 12.7 Å². The molecule has 0 fully saturated rings. The first-order valence-corrected chi connectivity index (χ1v) is 6.08. The molecule has 0 saturated carbocycles. The number of benzene rings is 1. The van der Waals surface area contributed by atoms with Crippen molar-refractivity contribution in [1.29, 1.82) is 0 Å². The molecule has 0 aliphatic heterocycles. The van der Waals surface area contributed by atoms with Crippen LogP contribution in [0.1, 0.15) is 31.4 Å². The summed E-state index contributed by atoms with van der Waals surface area (Å²) in [5.41, 5.74) is 0.604. The van der Waals surface area contributed by atoms with Gasteiger partial charge in [-0.3, -0.25) is 4.79 Å². The van der Waals surface area contributed by atoms with E-state index in [0.29, 0.717) is 22.2 Å². The van der Waals surface area contributed by atoms with Crippen LogP contribution in [0.5, 0.6) is 0 Å². The Balaban J connectivity index is 2.57. The van der Waals surface area contributed by atoms with Crippen molar-refractivity contribution in [3.8, 4) is 0 Å². The van der Waals surface area contributed by atoms with Crippen LogP contribution in [0.15, 0.2) is 18.2 Å². The minimum absolute atomic E-state index is 0.166. The lowest BCUT2D eigenvalue weighted by atomic mass is 10.1. The van der Waals surface area contributed by atoms with Crippen molar-refractivity contribution in [3.05, 3.63) is 33.8 Å². The van der Waals surface area contributed by atoms with Crippen molar-refractivity contribution in [2.24, 2.45) is 0 Å². The van der Waals surface area contributed by atoms with Crippen molar-refractivity contribution in [2.45, 2.75) is 25.9 Å². The molecule has 5 heteroatoms. The van der Waals surface area contributed by atoms with Crippen LogP contribution in [0, 0.1) is 0 Å². The largest absolute Gasteiger partial charge is 0.466 e. The fourth-order valence-corrected chi connectivity index (χ4v) is 1.96. The Bertz CT molecular complexity index is 373. The SMILES string of the molecule is CCOC(=O)CCC(O)c1cc(Cl)cc(Cl)c1. The van der Waals surface area contributed by atoms with E-state index < -0.39 is 6.10 Å². The summed E-state index contributed by atoms with van der Waals surface area (Å²) in [5, 5.41) is 10.8. The molecule has 0 aliphatic carbocycles. The molecule has 0 amide bonds. The number of carbonyl (C=O) groups is 1. The average molecular weight is 277 g/mol. The van der Waals surface area contributed by atoms with Crippen LogP contribution in [0.3, 0.4) is 0 Å². The summed E-state index contributed by atoms with van der Waals surface area (Å²) in [5.74, 6) is -0.320. The molecule has 0 radical (unpaired) electrons. The molecule has 1 aromatic carbocycles. The zero-order valence-corrected chi connectivity index (χ0v) is 11.0. The highest BCUT2D eigenvalue weighted by molar-refractivity contribution is 6.34. The van der Waals surface area contributed by atoms with E-state index in [-0.39, 0.29) is 18.8 Å². The number of aliphatic hydroxyl groups excluding tert-OH is 1. The zero-order valence-electron chi connectivity index (χ0n) is 9.45. The van der Waals surface area contributed by atoms with E-state index in [4.69, 9.17) is 27.9 Å². The summed E-state index contributed by atoms with van der Waals surface area (Å²) in [6.07, 6.45) is -0.315. The van der Waals surface area contributed by atoms with E-state index in [9.17, 15) is 9.90 Å². The second-order valence-corrected chi connectivity index (χ2v) is 4.44. The molecule has 1 unspecified atom stereocenters. The van der Waals surface area contributed by atoms with Crippen molar-refractivity contribution in [3.63, 3.8) is 0 Å². The fraction of sp³-hybridized carbons (Fsp3) is 0.417. The van der Waals surface area contributed by atoms with E-state index in [0.717, 1.165) is 0 Å². The summed E-state index contributed by atoms with van der Waals surface area (Å²) < 4.78 is 4.77. The van der Waals surface area contributed by atoms with Gasteiger partial charge < -0.3 is 9.84 Å². The quantitative estimate of drug-likeness (QED) is 0.839. The first-order chi connectivity index (χ1) is 8.02. The van der Waals surface area contributed by atoms with Gasteiger partial charge >= 0.3 is 5.97 Å². The molecule has 0 aromatic heterocycles. The molecule has 0 saturated heterocycles. The first-order valence-electron chi connectivity index (χ1n) is 5.32. The first kappa shape index (κ1) is 14.3. The Hall–Kier alpha value is -0.770. The normalized spacial score (nSPS) is 12.2. The Morgan fingerprint density at radius 1 is 1.35 bits per heavy atom. The Labute approximate surface area is 110 Å². The maximum Gasteiger partial charge on any atom is 0.305 e. The molecular formula is C12H14Cl2O3. The molecule has 94 valence electrons. The van der Waals surface area contributed by atoms with Crippen LogP contribution in [0.25, 0.3) is 0 Å². The van der Waals surface area contributed by atoms with Gasteiger partial charge in [0, 0.05) is 16.5 Å². The van der Waals surface area contributed by atoms with Crippen LogP contribution in [-0.4, -0.2) is 17.7 Å². The van der Waals surface area contributed by atoms with Crippen molar-refractivity contribution in [1.82, 2.24) is 0 Å². The molecule has 1 atom stereocenters. The molecular weight excluding hydrogens is 263 g/mol. The minimum Gasteiger partial charge on any atom is -0.466 e. The number of rotatable bonds is 5. The zero-order chi connectivity index (χ0) is 12.8.